The second kappa shape index (κ2) is 4.97. The molecule has 1 aromatic heterocycles. The summed E-state index contributed by atoms with van der Waals surface area (Å²) in [4.78, 5) is 21.7. The van der Waals surface area contributed by atoms with Crippen molar-refractivity contribution in [2.45, 2.75) is 0 Å². The number of aromatic nitrogens is 2. The summed E-state index contributed by atoms with van der Waals surface area (Å²) in [5.41, 5.74) is 0.311. The van der Waals surface area contributed by atoms with Gasteiger partial charge in [-0.25, -0.2) is 0 Å². The van der Waals surface area contributed by atoms with E-state index >= 15 is 0 Å². The van der Waals surface area contributed by atoms with E-state index in [-0.39, 0.29) is 16.9 Å². The molecule has 0 saturated carbocycles. The Balaban J connectivity index is 2.28. The first-order valence-corrected chi connectivity index (χ1v) is 5.10. The van der Waals surface area contributed by atoms with Crippen molar-refractivity contribution >= 4 is 17.3 Å². The molecule has 0 aliphatic carbocycles. The van der Waals surface area contributed by atoms with Crippen LogP contribution >= 0.6 is 0 Å². The Morgan fingerprint density at radius 3 is 2.89 bits per heavy atom. The van der Waals surface area contributed by atoms with Gasteiger partial charge >= 0.3 is 0 Å². The van der Waals surface area contributed by atoms with Gasteiger partial charge in [0.05, 0.1) is 27.9 Å². The van der Waals surface area contributed by atoms with Crippen molar-refractivity contribution in [3.05, 3.63) is 51.8 Å². The first-order chi connectivity index (χ1) is 9.11. The average molecular weight is 257 g/mol. The lowest BCUT2D eigenvalue weighted by molar-refractivity contribution is -0.384. The van der Waals surface area contributed by atoms with Crippen LogP contribution in [-0.2, 0) is 0 Å². The highest BCUT2D eigenvalue weighted by atomic mass is 16.6. The Labute approximate surface area is 106 Å². The lowest BCUT2D eigenvalue weighted by atomic mass is 10.1. The molecule has 0 spiro atoms. The standard InChI is InChI=1S/C11H7N5O3/c12-4-7-3-9(16(18)19)1-2-10(7)15-11(17)8-5-13-14-6-8/h1-3,5-6H,(H,13,14)(H,15,17). The SMILES string of the molecule is N#Cc1cc([N+](=O)[O-])ccc1NC(=O)c1cn[nH]c1. The van der Waals surface area contributed by atoms with E-state index in [0.29, 0.717) is 5.56 Å². The van der Waals surface area contributed by atoms with Crippen LogP contribution in [0.1, 0.15) is 15.9 Å². The van der Waals surface area contributed by atoms with Crippen molar-refractivity contribution in [2.24, 2.45) is 0 Å². The number of anilines is 1. The Bertz CT molecular complexity index is 672. The fourth-order valence-electron chi connectivity index (χ4n) is 1.42. The van der Waals surface area contributed by atoms with Gasteiger partial charge in [-0.3, -0.25) is 20.0 Å². The molecule has 8 nitrogen and oxygen atoms in total. The fourth-order valence-corrected chi connectivity index (χ4v) is 1.42. The number of nitro benzene ring substituents is 1. The summed E-state index contributed by atoms with van der Waals surface area (Å²) in [6.07, 6.45) is 2.72. The molecule has 1 heterocycles. The van der Waals surface area contributed by atoms with Crippen LogP contribution in [0.4, 0.5) is 11.4 Å². The summed E-state index contributed by atoms with van der Waals surface area (Å²) in [7, 11) is 0. The average Bonchev–Trinajstić information content (AvgIpc) is 2.92. The number of carbonyl (C=O) groups is 1. The summed E-state index contributed by atoms with van der Waals surface area (Å²) in [6.45, 7) is 0. The quantitative estimate of drug-likeness (QED) is 0.635. The number of nitro groups is 1. The molecule has 0 bridgehead atoms. The summed E-state index contributed by atoms with van der Waals surface area (Å²) in [5.74, 6) is -0.459. The Hall–Kier alpha value is -3.21. The van der Waals surface area contributed by atoms with Crippen molar-refractivity contribution in [3.63, 3.8) is 0 Å². The highest BCUT2D eigenvalue weighted by Crippen LogP contribution is 2.21. The van der Waals surface area contributed by atoms with Gasteiger partial charge in [0.25, 0.3) is 11.6 Å². The fraction of sp³-hybridized carbons (Fsp3) is 0. The molecule has 2 aromatic rings. The van der Waals surface area contributed by atoms with E-state index in [2.05, 4.69) is 15.5 Å². The van der Waals surface area contributed by atoms with E-state index in [1.54, 1.807) is 6.07 Å². The number of amides is 1. The number of aromatic amines is 1. The van der Waals surface area contributed by atoms with Crippen LogP contribution in [0.3, 0.4) is 0 Å². The van der Waals surface area contributed by atoms with Gasteiger partial charge in [0.15, 0.2) is 0 Å². The third-order valence-electron chi connectivity index (χ3n) is 2.34. The van der Waals surface area contributed by atoms with E-state index in [9.17, 15) is 14.9 Å². The number of nitriles is 1. The number of hydrogen-bond donors (Lipinski definition) is 2. The van der Waals surface area contributed by atoms with Crippen molar-refractivity contribution in [3.8, 4) is 6.07 Å². The molecule has 0 radical (unpaired) electrons. The van der Waals surface area contributed by atoms with E-state index in [0.717, 1.165) is 6.07 Å². The second-order valence-corrected chi connectivity index (χ2v) is 3.54. The minimum absolute atomic E-state index is 0.0195. The van der Waals surface area contributed by atoms with Crippen LogP contribution in [0.25, 0.3) is 0 Å². The number of nitrogens with zero attached hydrogens (tertiary/aromatic N) is 3. The highest BCUT2D eigenvalue weighted by molar-refractivity contribution is 6.04. The highest BCUT2D eigenvalue weighted by Gasteiger charge is 2.13. The van der Waals surface area contributed by atoms with Gasteiger partial charge in [0, 0.05) is 18.3 Å². The molecule has 2 rings (SSSR count). The van der Waals surface area contributed by atoms with Crippen molar-refractivity contribution < 1.29 is 9.72 Å². The molecular weight excluding hydrogens is 250 g/mol. The molecule has 1 amide bonds. The molecule has 8 heteroatoms. The topological polar surface area (TPSA) is 125 Å². The van der Waals surface area contributed by atoms with Gasteiger partial charge in [-0.05, 0) is 6.07 Å². The normalized spacial score (nSPS) is 9.63. The maximum Gasteiger partial charge on any atom is 0.270 e. The molecule has 94 valence electrons. The molecule has 2 N–H and O–H groups in total. The van der Waals surface area contributed by atoms with Crippen LogP contribution in [-0.4, -0.2) is 21.0 Å². The van der Waals surface area contributed by atoms with E-state index in [1.165, 1.54) is 24.5 Å². The Morgan fingerprint density at radius 2 is 2.32 bits per heavy atom. The van der Waals surface area contributed by atoms with E-state index in [1.807, 2.05) is 0 Å². The van der Waals surface area contributed by atoms with Gasteiger partial charge in [0.2, 0.25) is 0 Å². The molecular formula is C11H7N5O3. The molecule has 1 aromatic carbocycles. The minimum atomic E-state index is -0.609. The predicted molar refractivity (Wildman–Crippen MR) is 64.4 cm³/mol. The summed E-state index contributed by atoms with van der Waals surface area (Å²) in [5, 5.41) is 28.1. The third-order valence-corrected chi connectivity index (χ3v) is 2.34. The Kier molecular flexibility index (Phi) is 3.20. The second-order valence-electron chi connectivity index (χ2n) is 3.54. The lowest BCUT2D eigenvalue weighted by Gasteiger charge is -2.05. The van der Waals surface area contributed by atoms with Crippen LogP contribution in [0.15, 0.2) is 30.6 Å². The number of nitrogens with one attached hydrogen (secondary N) is 2. The van der Waals surface area contributed by atoms with Crippen LogP contribution in [0, 0.1) is 21.4 Å². The summed E-state index contributed by atoms with van der Waals surface area (Å²) in [6, 6.07) is 5.43. The van der Waals surface area contributed by atoms with Gasteiger partial charge in [-0.2, -0.15) is 10.4 Å². The van der Waals surface area contributed by atoms with Gasteiger partial charge in [-0.15, -0.1) is 0 Å². The summed E-state index contributed by atoms with van der Waals surface area (Å²) < 4.78 is 0. The first kappa shape index (κ1) is 12.3. The molecule has 19 heavy (non-hydrogen) atoms. The monoisotopic (exact) mass is 257 g/mol. The van der Waals surface area contributed by atoms with Crippen LogP contribution < -0.4 is 5.32 Å². The van der Waals surface area contributed by atoms with E-state index in [4.69, 9.17) is 5.26 Å². The molecule has 0 fully saturated rings. The zero-order valence-electron chi connectivity index (χ0n) is 9.45. The molecule has 0 aliphatic rings. The zero-order chi connectivity index (χ0) is 13.8. The zero-order valence-corrected chi connectivity index (χ0v) is 9.45. The van der Waals surface area contributed by atoms with Crippen LogP contribution in [0.2, 0.25) is 0 Å². The smallest absolute Gasteiger partial charge is 0.270 e. The minimum Gasteiger partial charge on any atom is -0.321 e. The van der Waals surface area contributed by atoms with Gasteiger partial charge in [0.1, 0.15) is 6.07 Å². The third kappa shape index (κ3) is 2.55. The predicted octanol–water partition coefficient (Wildman–Crippen LogP) is 1.44. The molecule has 0 saturated heterocycles. The maximum absolute atomic E-state index is 11.7. The van der Waals surface area contributed by atoms with Crippen molar-refractivity contribution in [1.29, 1.82) is 5.26 Å². The number of carbonyl (C=O) groups excluding carboxylic acids is 1. The number of hydrogen-bond acceptors (Lipinski definition) is 5. The summed E-state index contributed by atoms with van der Waals surface area (Å²) >= 11 is 0. The largest absolute Gasteiger partial charge is 0.321 e. The Morgan fingerprint density at radius 1 is 1.53 bits per heavy atom. The number of non-ortho nitro benzene ring substituents is 1. The number of H-pyrrole nitrogens is 1. The van der Waals surface area contributed by atoms with E-state index < -0.39 is 10.8 Å². The van der Waals surface area contributed by atoms with Gasteiger partial charge in [-0.1, -0.05) is 0 Å². The molecule has 0 aliphatic heterocycles. The maximum atomic E-state index is 11.7. The lowest BCUT2D eigenvalue weighted by Crippen LogP contribution is -2.12. The molecule has 0 unspecified atom stereocenters. The number of rotatable bonds is 3. The molecule has 0 atom stereocenters. The van der Waals surface area contributed by atoms with Gasteiger partial charge < -0.3 is 5.32 Å². The van der Waals surface area contributed by atoms with Crippen LogP contribution in [0.5, 0.6) is 0 Å². The first-order valence-electron chi connectivity index (χ1n) is 5.10. The number of benzene rings is 1. The van der Waals surface area contributed by atoms with Crippen molar-refractivity contribution in [2.75, 3.05) is 5.32 Å². The van der Waals surface area contributed by atoms with Crippen molar-refractivity contribution in [1.82, 2.24) is 10.2 Å².